The molecule has 0 saturated heterocycles. The van der Waals surface area contributed by atoms with Gasteiger partial charge in [0, 0.05) is 32.5 Å². The van der Waals surface area contributed by atoms with Gasteiger partial charge in [-0.2, -0.15) is 0 Å². The summed E-state index contributed by atoms with van der Waals surface area (Å²) < 4.78 is 2.11. The Labute approximate surface area is 135 Å². The SMILES string of the molecule is Brc1ccccc1C=NCCN=Cc1ccccc1Br. The summed E-state index contributed by atoms with van der Waals surface area (Å²) in [6, 6.07) is 16.0. The minimum Gasteiger partial charge on any atom is -0.291 e. The monoisotopic (exact) mass is 392 g/mol. The lowest BCUT2D eigenvalue weighted by molar-refractivity contribution is 0.985. The normalized spacial score (nSPS) is 11.5. The lowest BCUT2D eigenvalue weighted by atomic mass is 10.2. The topological polar surface area (TPSA) is 24.7 Å². The van der Waals surface area contributed by atoms with E-state index < -0.39 is 0 Å². The third-order valence-electron chi connectivity index (χ3n) is 2.63. The van der Waals surface area contributed by atoms with Crippen molar-refractivity contribution < 1.29 is 0 Å². The number of benzene rings is 2. The van der Waals surface area contributed by atoms with Crippen LogP contribution in [0.25, 0.3) is 0 Å². The van der Waals surface area contributed by atoms with Crippen LogP contribution in [0.4, 0.5) is 0 Å². The molecule has 0 heterocycles. The summed E-state index contributed by atoms with van der Waals surface area (Å²) in [5.41, 5.74) is 2.17. The lowest BCUT2D eigenvalue weighted by Crippen LogP contribution is -1.91. The molecule has 0 aromatic heterocycles. The first-order valence-corrected chi connectivity index (χ1v) is 7.84. The summed E-state index contributed by atoms with van der Waals surface area (Å²) in [7, 11) is 0. The van der Waals surface area contributed by atoms with E-state index in [9.17, 15) is 0 Å². The van der Waals surface area contributed by atoms with Gasteiger partial charge in [0.1, 0.15) is 0 Å². The average Bonchev–Trinajstić information content (AvgIpc) is 2.46. The second-order valence-electron chi connectivity index (χ2n) is 4.11. The van der Waals surface area contributed by atoms with Crippen molar-refractivity contribution in [2.75, 3.05) is 13.1 Å². The number of hydrogen-bond donors (Lipinski definition) is 0. The van der Waals surface area contributed by atoms with Crippen molar-refractivity contribution in [1.29, 1.82) is 0 Å². The number of aliphatic imine (C=N–C) groups is 2. The summed E-state index contributed by atoms with van der Waals surface area (Å²) in [6.45, 7) is 1.37. The van der Waals surface area contributed by atoms with Crippen LogP contribution in [0.5, 0.6) is 0 Å². The summed E-state index contributed by atoms with van der Waals surface area (Å²) in [5, 5.41) is 0. The molecule has 0 amide bonds. The van der Waals surface area contributed by atoms with Gasteiger partial charge in [-0.15, -0.1) is 0 Å². The molecule has 4 heteroatoms. The quantitative estimate of drug-likeness (QED) is 0.517. The fourth-order valence-electron chi connectivity index (χ4n) is 1.60. The summed E-state index contributed by atoms with van der Waals surface area (Å²) in [4.78, 5) is 8.75. The molecular weight excluding hydrogens is 380 g/mol. The van der Waals surface area contributed by atoms with Crippen LogP contribution in [0.15, 0.2) is 67.5 Å². The largest absolute Gasteiger partial charge is 0.291 e. The molecule has 2 nitrogen and oxygen atoms in total. The van der Waals surface area contributed by atoms with Crippen molar-refractivity contribution in [2.45, 2.75) is 0 Å². The fraction of sp³-hybridized carbons (Fsp3) is 0.125. The standard InChI is InChI=1S/C16H14Br2N2/c17-15-7-3-1-5-13(15)11-19-9-10-20-12-14-6-2-4-8-16(14)18/h1-8,11-12H,9-10H2. The Hall–Kier alpha value is -1.26. The third kappa shape index (κ3) is 4.69. The minimum atomic E-state index is 0.683. The molecule has 2 aromatic rings. The van der Waals surface area contributed by atoms with Crippen molar-refractivity contribution in [1.82, 2.24) is 0 Å². The second kappa shape index (κ2) is 8.12. The molecule has 2 rings (SSSR count). The zero-order valence-electron chi connectivity index (χ0n) is 10.8. The number of hydrogen-bond acceptors (Lipinski definition) is 2. The number of nitrogens with zero attached hydrogens (tertiary/aromatic N) is 2. The molecule has 0 radical (unpaired) electrons. The van der Waals surface area contributed by atoms with Crippen LogP contribution in [-0.4, -0.2) is 25.5 Å². The van der Waals surface area contributed by atoms with Crippen LogP contribution >= 0.6 is 31.9 Å². The van der Waals surface area contributed by atoms with E-state index in [4.69, 9.17) is 0 Å². The van der Waals surface area contributed by atoms with E-state index in [0.29, 0.717) is 13.1 Å². The highest BCUT2D eigenvalue weighted by molar-refractivity contribution is 9.10. The minimum absolute atomic E-state index is 0.683. The zero-order chi connectivity index (χ0) is 14.2. The highest BCUT2D eigenvalue weighted by Crippen LogP contribution is 2.14. The van der Waals surface area contributed by atoms with Gasteiger partial charge in [0.25, 0.3) is 0 Å². The van der Waals surface area contributed by atoms with E-state index in [2.05, 4.69) is 41.8 Å². The van der Waals surface area contributed by atoms with Crippen molar-refractivity contribution in [2.24, 2.45) is 9.98 Å². The van der Waals surface area contributed by atoms with E-state index >= 15 is 0 Å². The predicted octanol–water partition coefficient (Wildman–Crippen LogP) is 4.75. The first-order valence-electron chi connectivity index (χ1n) is 6.26. The summed E-state index contributed by atoms with van der Waals surface area (Å²) >= 11 is 6.98. The van der Waals surface area contributed by atoms with Crippen LogP contribution in [0, 0.1) is 0 Å². The fourth-order valence-corrected chi connectivity index (χ4v) is 2.38. The molecule has 20 heavy (non-hydrogen) atoms. The molecule has 0 aliphatic carbocycles. The first kappa shape index (κ1) is 15.1. The Kier molecular flexibility index (Phi) is 6.15. The lowest BCUT2D eigenvalue weighted by Gasteiger charge is -1.97. The highest BCUT2D eigenvalue weighted by atomic mass is 79.9. The summed E-state index contributed by atoms with van der Waals surface area (Å²) in [5.74, 6) is 0. The van der Waals surface area contributed by atoms with Crippen molar-refractivity contribution in [3.05, 3.63) is 68.6 Å². The molecule has 102 valence electrons. The highest BCUT2D eigenvalue weighted by Gasteiger charge is 1.94. The van der Waals surface area contributed by atoms with Crippen molar-refractivity contribution >= 4 is 44.3 Å². The van der Waals surface area contributed by atoms with Gasteiger partial charge in [-0.05, 0) is 12.1 Å². The number of halogens is 2. The van der Waals surface area contributed by atoms with Crippen LogP contribution in [0.1, 0.15) is 11.1 Å². The molecule has 2 aromatic carbocycles. The van der Waals surface area contributed by atoms with Gasteiger partial charge in [0.2, 0.25) is 0 Å². The van der Waals surface area contributed by atoms with Gasteiger partial charge < -0.3 is 0 Å². The van der Waals surface area contributed by atoms with E-state index in [1.165, 1.54) is 0 Å². The summed E-state index contributed by atoms with van der Waals surface area (Å²) in [6.07, 6.45) is 3.75. The van der Waals surface area contributed by atoms with Crippen molar-refractivity contribution in [3.8, 4) is 0 Å². The molecule has 0 fully saturated rings. The second-order valence-corrected chi connectivity index (χ2v) is 5.82. The van der Waals surface area contributed by atoms with E-state index in [-0.39, 0.29) is 0 Å². The van der Waals surface area contributed by atoms with E-state index in [0.717, 1.165) is 20.1 Å². The van der Waals surface area contributed by atoms with Gasteiger partial charge in [-0.1, -0.05) is 68.3 Å². The van der Waals surface area contributed by atoms with E-state index in [1.807, 2.05) is 61.0 Å². The maximum absolute atomic E-state index is 4.38. The van der Waals surface area contributed by atoms with Gasteiger partial charge >= 0.3 is 0 Å². The van der Waals surface area contributed by atoms with Gasteiger partial charge in [-0.25, -0.2) is 0 Å². The van der Waals surface area contributed by atoms with Crippen LogP contribution < -0.4 is 0 Å². The Morgan fingerprint density at radius 3 is 1.50 bits per heavy atom. The molecule has 0 unspecified atom stereocenters. The molecular formula is C16H14Br2N2. The molecule has 0 bridgehead atoms. The third-order valence-corrected chi connectivity index (χ3v) is 4.07. The Morgan fingerprint density at radius 1 is 0.700 bits per heavy atom. The van der Waals surface area contributed by atoms with Crippen molar-refractivity contribution in [3.63, 3.8) is 0 Å². The predicted molar refractivity (Wildman–Crippen MR) is 93.2 cm³/mol. The van der Waals surface area contributed by atoms with Gasteiger partial charge in [0.05, 0.1) is 13.1 Å². The zero-order valence-corrected chi connectivity index (χ0v) is 14.0. The number of rotatable bonds is 5. The maximum Gasteiger partial charge on any atom is 0.0585 e. The molecule has 0 saturated carbocycles. The van der Waals surface area contributed by atoms with Gasteiger partial charge in [0.15, 0.2) is 0 Å². The molecule has 0 spiro atoms. The van der Waals surface area contributed by atoms with Crippen LogP contribution in [0.3, 0.4) is 0 Å². The Morgan fingerprint density at radius 2 is 1.10 bits per heavy atom. The van der Waals surface area contributed by atoms with E-state index in [1.54, 1.807) is 0 Å². The molecule has 0 aliphatic rings. The van der Waals surface area contributed by atoms with Gasteiger partial charge in [-0.3, -0.25) is 9.98 Å². The molecule has 0 N–H and O–H groups in total. The maximum atomic E-state index is 4.38. The average molecular weight is 394 g/mol. The molecule has 0 aliphatic heterocycles. The smallest absolute Gasteiger partial charge is 0.0585 e. The van der Waals surface area contributed by atoms with Crippen LogP contribution in [-0.2, 0) is 0 Å². The van der Waals surface area contributed by atoms with Crippen LogP contribution in [0.2, 0.25) is 0 Å². The first-order chi connectivity index (χ1) is 9.77. The molecule has 0 atom stereocenters. The Bertz CT molecular complexity index is 566. The Balaban J connectivity index is 1.82.